The molecule has 0 saturated carbocycles. The van der Waals surface area contributed by atoms with E-state index in [1.807, 2.05) is 11.0 Å². The van der Waals surface area contributed by atoms with Gasteiger partial charge in [0.2, 0.25) is 0 Å². The molecule has 0 aliphatic carbocycles. The van der Waals surface area contributed by atoms with E-state index in [9.17, 15) is 9.90 Å². The quantitative estimate of drug-likeness (QED) is 0.903. The Morgan fingerprint density at radius 2 is 2.00 bits per heavy atom. The van der Waals surface area contributed by atoms with Crippen molar-refractivity contribution in [1.82, 2.24) is 9.88 Å². The summed E-state index contributed by atoms with van der Waals surface area (Å²) >= 11 is 5.85. The van der Waals surface area contributed by atoms with Crippen molar-refractivity contribution in [3.05, 3.63) is 23.4 Å². The molecule has 3 rings (SSSR count). The van der Waals surface area contributed by atoms with Gasteiger partial charge in [0, 0.05) is 25.8 Å². The molecular formula is C15H20ClN3O2. The standard InChI is InChI=1S/C15H20ClN3O2/c16-12-4-5-13(17-10-12)19-9-3-6-15(21,11-19)14(20)18-7-1-2-8-18/h4-5,10,21H,1-3,6-9,11H2/t15-/m0/s1. The number of anilines is 1. The van der Waals surface area contributed by atoms with Gasteiger partial charge >= 0.3 is 0 Å². The van der Waals surface area contributed by atoms with Crippen molar-refractivity contribution in [2.75, 3.05) is 31.1 Å². The number of carbonyl (C=O) groups excluding carboxylic acids is 1. The number of aliphatic hydroxyl groups is 1. The van der Waals surface area contributed by atoms with Crippen LogP contribution in [0.15, 0.2) is 18.3 Å². The van der Waals surface area contributed by atoms with Crippen LogP contribution in [-0.2, 0) is 4.79 Å². The molecule has 2 saturated heterocycles. The lowest BCUT2D eigenvalue weighted by Gasteiger charge is -2.40. The Kier molecular flexibility index (Phi) is 4.04. The highest BCUT2D eigenvalue weighted by molar-refractivity contribution is 6.30. The maximum absolute atomic E-state index is 12.6. The summed E-state index contributed by atoms with van der Waals surface area (Å²) in [6.45, 7) is 2.63. The smallest absolute Gasteiger partial charge is 0.256 e. The minimum absolute atomic E-state index is 0.126. The zero-order valence-electron chi connectivity index (χ0n) is 12.0. The predicted octanol–water partition coefficient (Wildman–Crippen LogP) is 1.69. The molecule has 6 heteroatoms. The molecule has 5 nitrogen and oxygen atoms in total. The number of rotatable bonds is 2. The molecule has 114 valence electrons. The minimum atomic E-state index is -1.29. The molecule has 0 bridgehead atoms. The number of hydrogen-bond donors (Lipinski definition) is 1. The summed E-state index contributed by atoms with van der Waals surface area (Å²) in [5.74, 6) is 0.630. The zero-order chi connectivity index (χ0) is 14.9. The number of carbonyl (C=O) groups is 1. The summed E-state index contributed by atoms with van der Waals surface area (Å²) in [5, 5.41) is 11.4. The van der Waals surface area contributed by atoms with Crippen molar-refractivity contribution in [2.45, 2.75) is 31.3 Å². The lowest BCUT2D eigenvalue weighted by Crippen LogP contribution is -2.57. The molecule has 0 aromatic carbocycles. The van der Waals surface area contributed by atoms with Gasteiger partial charge in [-0.15, -0.1) is 0 Å². The third kappa shape index (κ3) is 2.99. The first kappa shape index (κ1) is 14.6. The monoisotopic (exact) mass is 309 g/mol. The summed E-state index contributed by atoms with van der Waals surface area (Å²) in [6, 6.07) is 3.61. The van der Waals surface area contributed by atoms with E-state index in [2.05, 4.69) is 4.98 Å². The number of likely N-dealkylation sites (tertiary alicyclic amines) is 1. The van der Waals surface area contributed by atoms with Crippen LogP contribution in [0.3, 0.4) is 0 Å². The molecule has 1 amide bonds. The van der Waals surface area contributed by atoms with Crippen LogP contribution in [0.5, 0.6) is 0 Å². The van der Waals surface area contributed by atoms with Gasteiger partial charge in [0.25, 0.3) is 5.91 Å². The number of hydrogen-bond acceptors (Lipinski definition) is 4. The van der Waals surface area contributed by atoms with Crippen LogP contribution in [0.1, 0.15) is 25.7 Å². The number of piperidine rings is 1. The number of pyridine rings is 1. The zero-order valence-corrected chi connectivity index (χ0v) is 12.7. The summed E-state index contributed by atoms with van der Waals surface area (Å²) in [4.78, 5) is 20.6. The first-order valence-corrected chi connectivity index (χ1v) is 7.85. The fourth-order valence-electron chi connectivity index (χ4n) is 3.18. The van der Waals surface area contributed by atoms with Crippen LogP contribution in [0, 0.1) is 0 Å². The van der Waals surface area contributed by atoms with Gasteiger partial charge in [-0.25, -0.2) is 4.98 Å². The van der Waals surface area contributed by atoms with Gasteiger partial charge in [0.1, 0.15) is 5.82 Å². The van der Waals surface area contributed by atoms with Crippen LogP contribution < -0.4 is 4.90 Å². The van der Waals surface area contributed by atoms with Crippen molar-refractivity contribution >= 4 is 23.3 Å². The third-order valence-electron chi connectivity index (χ3n) is 4.30. The molecule has 0 unspecified atom stereocenters. The number of aromatic nitrogens is 1. The minimum Gasteiger partial charge on any atom is -0.378 e. The molecule has 21 heavy (non-hydrogen) atoms. The SMILES string of the molecule is O=C(N1CCCC1)[C@]1(O)CCCN(c2ccc(Cl)cn2)C1. The molecule has 1 N–H and O–H groups in total. The lowest BCUT2D eigenvalue weighted by molar-refractivity contribution is -0.151. The molecule has 0 spiro atoms. The van der Waals surface area contributed by atoms with Crippen molar-refractivity contribution in [1.29, 1.82) is 0 Å². The Bertz CT molecular complexity index is 516. The summed E-state index contributed by atoms with van der Waals surface area (Å²) < 4.78 is 0. The maximum atomic E-state index is 12.6. The molecule has 1 atom stereocenters. The Balaban J connectivity index is 1.75. The largest absolute Gasteiger partial charge is 0.378 e. The van der Waals surface area contributed by atoms with Gasteiger partial charge < -0.3 is 14.9 Å². The highest BCUT2D eigenvalue weighted by atomic mass is 35.5. The molecule has 2 aliphatic rings. The normalized spacial score (nSPS) is 26.2. The molecule has 0 radical (unpaired) electrons. The number of nitrogens with zero attached hydrogens (tertiary/aromatic N) is 3. The second-order valence-corrected chi connectivity index (χ2v) is 6.33. The Labute approximate surface area is 129 Å². The van der Waals surface area contributed by atoms with Crippen LogP contribution >= 0.6 is 11.6 Å². The van der Waals surface area contributed by atoms with Crippen LogP contribution in [0.25, 0.3) is 0 Å². The summed E-state index contributed by atoms with van der Waals surface area (Å²) in [7, 11) is 0. The average Bonchev–Trinajstić information content (AvgIpc) is 3.01. The van der Waals surface area contributed by atoms with E-state index in [4.69, 9.17) is 11.6 Å². The highest BCUT2D eigenvalue weighted by Gasteiger charge is 2.43. The van der Waals surface area contributed by atoms with Crippen LogP contribution in [0.2, 0.25) is 5.02 Å². The van der Waals surface area contributed by atoms with Crippen molar-refractivity contribution in [3.63, 3.8) is 0 Å². The summed E-state index contributed by atoms with van der Waals surface area (Å²) in [5.41, 5.74) is -1.29. The van der Waals surface area contributed by atoms with E-state index >= 15 is 0 Å². The van der Waals surface area contributed by atoms with Gasteiger partial charge in [-0.3, -0.25) is 4.79 Å². The molecule has 3 heterocycles. The topological polar surface area (TPSA) is 56.7 Å². The molecule has 1 aromatic rings. The van der Waals surface area contributed by atoms with Crippen LogP contribution in [-0.4, -0.2) is 52.7 Å². The van der Waals surface area contributed by atoms with E-state index < -0.39 is 5.60 Å². The van der Waals surface area contributed by atoms with Gasteiger partial charge in [-0.1, -0.05) is 11.6 Å². The van der Waals surface area contributed by atoms with Crippen molar-refractivity contribution in [2.24, 2.45) is 0 Å². The van der Waals surface area contributed by atoms with Crippen molar-refractivity contribution < 1.29 is 9.90 Å². The Hall–Kier alpha value is -1.33. The number of β-amino-alcohol motifs (C(OH)–C–C–N with tert-alkyl or cyclic N) is 1. The highest BCUT2D eigenvalue weighted by Crippen LogP contribution is 2.28. The maximum Gasteiger partial charge on any atom is 0.256 e. The second-order valence-electron chi connectivity index (χ2n) is 5.89. The average molecular weight is 310 g/mol. The van der Waals surface area contributed by atoms with Gasteiger partial charge in [0.05, 0.1) is 11.6 Å². The van der Waals surface area contributed by atoms with E-state index in [1.54, 1.807) is 17.2 Å². The third-order valence-corrected chi connectivity index (χ3v) is 4.52. The predicted molar refractivity (Wildman–Crippen MR) is 81.5 cm³/mol. The molecule has 2 aliphatic heterocycles. The van der Waals surface area contributed by atoms with Gasteiger partial charge in [0.15, 0.2) is 5.60 Å². The van der Waals surface area contributed by atoms with Gasteiger partial charge in [-0.2, -0.15) is 0 Å². The second kappa shape index (κ2) is 5.81. The molecular weight excluding hydrogens is 290 g/mol. The van der Waals surface area contributed by atoms with Gasteiger partial charge in [-0.05, 0) is 37.8 Å². The van der Waals surface area contributed by atoms with Crippen LogP contribution in [0.4, 0.5) is 5.82 Å². The van der Waals surface area contributed by atoms with Crippen molar-refractivity contribution in [3.8, 4) is 0 Å². The first-order valence-electron chi connectivity index (χ1n) is 7.47. The fourth-order valence-corrected chi connectivity index (χ4v) is 3.29. The van der Waals surface area contributed by atoms with E-state index in [-0.39, 0.29) is 5.91 Å². The Morgan fingerprint density at radius 3 is 2.67 bits per heavy atom. The lowest BCUT2D eigenvalue weighted by atomic mass is 9.91. The van der Waals surface area contributed by atoms with E-state index in [0.717, 1.165) is 44.7 Å². The molecule has 1 aromatic heterocycles. The Morgan fingerprint density at radius 1 is 1.24 bits per heavy atom. The first-order chi connectivity index (χ1) is 10.1. The fraction of sp³-hybridized carbons (Fsp3) is 0.600. The van der Waals surface area contributed by atoms with E-state index in [0.29, 0.717) is 18.0 Å². The van der Waals surface area contributed by atoms with E-state index in [1.165, 1.54) is 0 Å². The molecule has 2 fully saturated rings. The number of halogens is 1. The number of amides is 1. The summed E-state index contributed by atoms with van der Waals surface area (Å²) in [6.07, 6.45) is 4.95.